The van der Waals surface area contributed by atoms with Gasteiger partial charge in [-0.1, -0.05) is 23.7 Å². The Morgan fingerprint density at radius 3 is 2.57 bits per heavy atom. The van der Waals surface area contributed by atoms with Crippen LogP contribution in [-0.4, -0.2) is 80.6 Å². The second-order valence-electron chi connectivity index (χ2n) is 9.83. The normalized spacial score (nSPS) is 26.0. The van der Waals surface area contributed by atoms with Crippen molar-refractivity contribution in [2.75, 3.05) is 33.4 Å². The first-order valence-electron chi connectivity index (χ1n) is 11.6. The van der Waals surface area contributed by atoms with Gasteiger partial charge in [0.2, 0.25) is 21.8 Å². The second kappa shape index (κ2) is 8.70. The van der Waals surface area contributed by atoms with Gasteiger partial charge in [0.25, 0.3) is 0 Å². The highest BCUT2D eigenvalue weighted by Gasteiger charge is 2.61. The highest BCUT2D eigenvalue weighted by Crippen LogP contribution is 2.41. The summed E-state index contributed by atoms with van der Waals surface area (Å²) in [6.45, 7) is 3.50. The molecule has 0 aromatic heterocycles. The zero-order valence-corrected chi connectivity index (χ0v) is 21.3. The third-order valence-corrected chi connectivity index (χ3v) is 9.22. The number of likely N-dealkylation sites (tertiary alicyclic amines) is 1. The molecule has 0 saturated carbocycles. The fourth-order valence-corrected chi connectivity index (χ4v) is 7.18. The molecular weight excluding hydrogens is 492 g/mol. The maximum Gasteiger partial charge on any atom is 0.242 e. The van der Waals surface area contributed by atoms with E-state index in [-0.39, 0.29) is 35.3 Å². The molecule has 0 aliphatic carbocycles. The Hall–Kier alpha value is -2.24. The first kappa shape index (κ1) is 24.5. The van der Waals surface area contributed by atoms with Crippen LogP contribution >= 0.6 is 11.6 Å². The summed E-state index contributed by atoms with van der Waals surface area (Å²) in [5.74, 6) is -0.219. The van der Waals surface area contributed by atoms with Gasteiger partial charge in [-0.2, -0.15) is 4.72 Å². The molecule has 3 heterocycles. The zero-order valence-electron chi connectivity index (χ0n) is 19.7. The summed E-state index contributed by atoms with van der Waals surface area (Å²) in [6, 6.07) is 9.14. The van der Waals surface area contributed by atoms with E-state index in [0.717, 1.165) is 23.6 Å². The van der Waals surface area contributed by atoms with Crippen LogP contribution in [0, 0.1) is 0 Å². The van der Waals surface area contributed by atoms with Gasteiger partial charge in [-0.3, -0.25) is 14.9 Å². The van der Waals surface area contributed by atoms with Gasteiger partial charge in [-0.05, 0) is 47.9 Å². The lowest BCUT2D eigenvalue weighted by Crippen LogP contribution is -2.59. The number of nitrogens with zero attached hydrogens (tertiary/aromatic N) is 2. The van der Waals surface area contributed by atoms with Crippen LogP contribution in [0.5, 0.6) is 0 Å². The Kier molecular flexibility index (Phi) is 6.08. The van der Waals surface area contributed by atoms with Crippen LogP contribution < -0.4 is 10.0 Å². The maximum absolute atomic E-state index is 13.4. The fourth-order valence-electron chi connectivity index (χ4n) is 5.77. The molecule has 35 heavy (non-hydrogen) atoms. The van der Waals surface area contributed by atoms with Gasteiger partial charge in [-0.15, -0.1) is 0 Å². The van der Waals surface area contributed by atoms with Crippen molar-refractivity contribution in [2.45, 2.75) is 48.3 Å². The molecule has 11 heteroatoms. The lowest BCUT2D eigenvalue weighted by molar-refractivity contribution is -0.133. The molecule has 9 nitrogen and oxygen atoms in total. The number of amides is 2. The van der Waals surface area contributed by atoms with Gasteiger partial charge in [0.1, 0.15) is 11.7 Å². The summed E-state index contributed by atoms with van der Waals surface area (Å²) >= 11 is 6.03. The van der Waals surface area contributed by atoms with Crippen LogP contribution in [0.3, 0.4) is 0 Å². The number of sulfonamides is 1. The van der Waals surface area contributed by atoms with Crippen molar-refractivity contribution >= 4 is 44.2 Å². The van der Waals surface area contributed by atoms with Crippen molar-refractivity contribution < 1.29 is 22.7 Å². The van der Waals surface area contributed by atoms with Gasteiger partial charge in [0, 0.05) is 50.7 Å². The highest BCUT2D eigenvalue weighted by molar-refractivity contribution is 7.89. The van der Waals surface area contributed by atoms with Crippen molar-refractivity contribution in [3.8, 4) is 0 Å². The summed E-state index contributed by atoms with van der Waals surface area (Å²) in [5.41, 5.74) is -1.11. The summed E-state index contributed by atoms with van der Waals surface area (Å²) in [4.78, 5) is 28.8. The molecule has 0 bridgehead atoms. The topological polar surface area (TPSA) is 108 Å². The molecule has 2 aromatic rings. The number of ether oxygens (including phenoxy) is 1. The Balaban J connectivity index is 1.35. The van der Waals surface area contributed by atoms with E-state index >= 15 is 0 Å². The van der Waals surface area contributed by atoms with Crippen molar-refractivity contribution in [3.63, 3.8) is 0 Å². The molecule has 3 aliphatic heterocycles. The second-order valence-corrected chi connectivity index (χ2v) is 12.0. The fraction of sp³-hybridized carbons (Fsp3) is 0.500. The summed E-state index contributed by atoms with van der Waals surface area (Å²) in [5, 5.41) is 5.80. The largest absolute Gasteiger partial charge is 0.381 e. The molecule has 0 unspecified atom stereocenters. The van der Waals surface area contributed by atoms with Gasteiger partial charge >= 0.3 is 0 Å². The Morgan fingerprint density at radius 1 is 1.20 bits per heavy atom. The monoisotopic (exact) mass is 520 g/mol. The summed E-state index contributed by atoms with van der Waals surface area (Å²) in [7, 11) is -2.37. The van der Waals surface area contributed by atoms with Crippen LogP contribution in [0.25, 0.3) is 10.8 Å². The Bertz CT molecular complexity index is 1290. The average Bonchev–Trinajstić information content (AvgIpc) is 3.22. The van der Waals surface area contributed by atoms with E-state index in [2.05, 4.69) is 10.0 Å². The highest BCUT2D eigenvalue weighted by atomic mass is 35.5. The molecule has 2 atom stereocenters. The van der Waals surface area contributed by atoms with E-state index in [9.17, 15) is 18.0 Å². The van der Waals surface area contributed by atoms with E-state index in [0.29, 0.717) is 24.7 Å². The quantitative estimate of drug-likeness (QED) is 0.621. The number of carbonyl (C=O) groups excluding carboxylic acids is 2. The first-order chi connectivity index (χ1) is 16.6. The van der Waals surface area contributed by atoms with Gasteiger partial charge in [0.15, 0.2) is 0 Å². The van der Waals surface area contributed by atoms with Crippen LogP contribution in [0.1, 0.15) is 26.2 Å². The summed E-state index contributed by atoms with van der Waals surface area (Å²) < 4.78 is 34.6. The lowest BCUT2D eigenvalue weighted by Gasteiger charge is -2.40. The molecular formula is C24H29ClN4O5S. The molecule has 3 aliphatic rings. The molecule has 188 valence electrons. The molecule has 3 fully saturated rings. The van der Waals surface area contributed by atoms with Gasteiger partial charge < -0.3 is 14.5 Å². The number of rotatable bonds is 5. The van der Waals surface area contributed by atoms with Crippen molar-refractivity contribution in [3.05, 3.63) is 41.4 Å². The van der Waals surface area contributed by atoms with Crippen molar-refractivity contribution in [2.24, 2.45) is 0 Å². The van der Waals surface area contributed by atoms with E-state index in [1.165, 1.54) is 6.07 Å². The summed E-state index contributed by atoms with van der Waals surface area (Å²) in [6.07, 6.45) is 1.69. The Morgan fingerprint density at radius 2 is 1.89 bits per heavy atom. The van der Waals surface area contributed by atoms with Crippen LogP contribution in [0.15, 0.2) is 41.3 Å². The van der Waals surface area contributed by atoms with Gasteiger partial charge in [0.05, 0.1) is 11.5 Å². The number of hydrogen-bond acceptors (Lipinski definition) is 6. The van der Waals surface area contributed by atoms with E-state index < -0.39 is 21.7 Å². The first-order valence-corrected chi connectivity index (χ1v) is 13.5. The van der Waals surface area contributed by atoms with E-state index in [1.807, 2.05) is 4.90 Å². The predicted octanol–water partition coefficient (Wildman–Crippen LogP) is 1.70. The minimum atomic E-state index is -3.94. The zero-order chi connectivity index (χ0) is 25.0. The lowest BCUT2D eigenvalue weighted by atomic mass is 9.87. The van der Waals surface area contributed by atoms with E-state index in [4.69, 9.17) is 16.3 Å². The standard InChI is InChI=1S/C24H29ClN4O5S/c1-16(30)28-9-7-23(8-10-28)14-29-22(31)21(13-24(29,27-23)15-34-2)26-35(32,33)20-6-4-17-11-19(25)5-3-18(17)12-20/h3-6,11-12,21,26-27H,7-10,13-15H2,1-2H3/t21-,24+/m0/s1. The SMILES string of the molecule is COC[C@@]12C[C@H](NS(=O)(=O)c3ccc4cc(Cl)ccc4c3)C(=O)N1CC1(CCN(C(C)=O)CC1)N2. The maximum atomic E-state index is 13.4. The van der Waals surface area contributed by atoms with Gasteiger partial charge in [-0.25, -0.2) is 8.42 Å². The van der Waals surface area contributed by atoms with Crippen LogP contribution in [-0.2, 0) is 24.3 Å². The molecule has 2 N–H and O–H groups in total. The number of benzene rings is 2. The minimum absolute atomic E-state index is 0.0484. The number of fused-ring (bicyclic) bond motifs is 2. The molecule has 1 spiro atoms. The number of methoxy groups -OCH3 is 1. The number of carbonyl (C=O) groups is 2. The van der Waals surface area contributed by atoms with Crippen LogP contribution in [0.2, 0.25) is 5.02 Å². The molecule has 3 saturated heterocycles. The van der Waals surface area contributed by atoms with Crippen molar-refractivity contribution in [1.29, 1.82) is 0 Å². The molecule has 2 aromatic carbocycles. The molecule has 5 rings (SSSR count). The number of halogens is 1. The number of nitrogens with one attached hydrogen (secondary N) is 2. The third kappa shape index (κ3) is 4.31. The predicted molar refractivity (Wildman–Crippen MR) is 131 cm³/mol. The Labute approximate surface area is 209 Å². The molecule has 0 radical (unpaired) electrons. The third-order valence-electron chi connectivity index (χ3n) is 7.51. The number of hydrogen-bond donors (Lipinski definition) is 2. The van der Waals surface area contributed by atoms with E-state index in [1.54, 1.807) is 49.3 Å². The number of piperidine rings is 1. The van der Waals surface area contributed by atoms with Crippen LogP contribution in [0.4, 0.5) is 0 Å². The molecule has 2 amide bonds. The van der Waals surface area contributed by atoms with Crippen molar-refractivity contribution in [1.82, 2.24) is 19.8 Å². The smallest absolute Gasteiger partial charge is 0.242 e. The minimum Gasteiger partial charge on any atom is -0.381 e. The average molecular weight is 521 g/mol.